The number of anilines is 3. The number of nitrogens with one attached hydrogen (secondary N) is 1. The number of aryl methyl sites for hydroxylation is 1. The van der Waals surface area contributed by atoms with Gasteiger partial charge < -0.3 is 16.0 Å². The standard InChI is InChI=1S/C24H24N4/c1-28(23-8-4-5-15-26-23)19-10-12-22-18(16-19)13-14-24(25,27-22)21-11-9-17-6-2-3-7-20(17)21/h2-8,10,12-16,21,27H,9,11,25H2,1H3/t21?,24-/m1/s1. The number of nitrogens with zero attached hydrogens (tertiary/aromatic N) is 2. The summed E-state index contributed by atoms with van der Waals surface area (Å²) < 4.78 is 0. The van der Waals surface area contributed by atoms with E-state index in [0.29, 0.717) is 0 Å². The van der Waals surface area contributed by atoms with Gasteiger partial charge in [0.1, 0.15) is 11.5 Å². The highest BCUT2D eigenvalue weighted by molar-refractivity contribution is 5.77. The molecule has 2 aromatic carbocycles. The number of fused-ring (bicyclic) bond motifs is 2. The van der Waals surface area contributed by atoms with Crippen LogP contribution < -0.4 is 16.0 Å². The summed E-state index contributed by atoms with van der Waals surface area (Å²) in [6.07, 6.45) is 8.27. The van der Waals surface area contributed by atoms with Gasteiger partial charge in [-0.1, -0.05) is 36.4 Å². The van der Waals surface area contributed by atoms with Crippen molar-refractivity contribution in [2.24, 2.45) is 5.73 Å². The molecule has 0 radical (unpaired) electrons. The van der Waals surface area contributed by atoms with Crippen molar-refractivity contribution < 1.29 is 0 Å². The van der Waals surface area contributed by atoms with E-state index in [1.54, 1.807) is 0 Å². The van der Waals surface area contributed by atoms with Gasteiger partial charge in [0.2, 0.25) is 0 Å². The number of nitrogens with two attached hydrogens (primary N) is 1. The lowest BCUT2D eigenvalue weighted by Gasteiger charge is -2.38. The number of pyridine rings is 1. The van der Waals surface area contributed by atoms with E-state index >= 15 is 0 Å². The highest BCUT2D eigenvalue weighted by Crippen LogP contribution is 2.43. The molecule has 0 bridgehead atoms. The second-order valence-corrected chi connectivity index (χ2v) is 7.70. The topological polar surface area (TPSA) is 54.2 Å². The van der Waals surface area contributed by atoms with E-state index in [0.717, 1.165) is 35.6 Å². The maximum absolute atomic E-state index is 6.86. The lowest BCUT2D eigenvalue weighted by atomic mass is 9.84. The Labute approximate surface area is 165 Å². The molecule has 2 heterocycles. The molecule has 2 aliphatic rings. The minimum absolute atomic E-state index is 0.281. The van der Waals surface area contributed by atoms with Crippen LogP contribution in [0.1, 0.15) is 29.0 Å². The first-order chi connectivity index (χ1) is 13.6. The van der Waals surface area contributed by atoms with Gasteiger partial charge in [0.05, 0.1) is 0 Å². The van der Waals surface area contributed by atoms with E-state index < -0.39 is 5.66 Å². The first-order valence-electron chi connectivity index (χ1n) is 9.77. The maximum atomic E-state index is 6.86. The highest BCUT2D eigenvalue weighted by Gasteiger charge is 2.39. The molecule has 0 fully saturated rings. The van der Waals surface area contributed by atoms with Gasteiger partial charge in [-0.05, 0) is 65.9 Å². The van der Waals surface area contributed by atoms with E-state index in [1.165, 1.54) is 11.1 Å². The van der Waals surface area contributed by atoms with Crippen molar-refractivity contribution in [2.45, 2.75) is 24.4 Å². The third-order valence-corrected chi connectivity index (χ3v) is 6.01. The van der Waals surface area contributed by atoms with Crippen molar-refractivity contribution in [1.82, 2.24) is 4.98 Å². The van der Waals surface area contributed by atoms with E-state index in [-0.39, 0.29) is 5.92 Å². The quantitative estimate of drug-likeness (QED) is 0.705. The summed E-state index contributed by atoms with van der Waals surface area (Å²) in [6, 6.07) is 21.0. The maximum Gasteiger partial charge on any atom is 0.132 e. The Hall–Kier alpha value is -3.11. The van der Waals surface area contributed by atoms with E-state index in [2.05, 4.69) is 69.8 Å². The van der Waals surface area contributed by atoms with Crippen molar-refractivity contribution in [3.05, 3.63) is 89.6 Å². The Morgan fingerprint density at radius 2 is 1.96 bits per heavy atom. The predicted octanol–water partition coefficient (Wildman–Crippen LogP) is 4.67. The average molecular weight is 368 g/mol. The molecule has 0 amide bonds. The smallest absolute Gasteiger partial charge is 0.132 e. The summed E-state index contributed by atoms with van der Waals surface area (Å²) in [7, 11) is 2.03. The molecule has 0 saturated carbocycles. The van der Waals surface area contributed by atoms with Gasteiger partial charge in [0.25, 0.3) is 0 Å². The normalized spacial score (nSPS) is 22.3. The molecule has 4 heteroatoms. The summed E-state index contributed by atoms with van der Waals surface area (Å²) in [6.45, 7) is 0. The SMILES string of the molecule is CN(c1ccc2c(c1)C=C[C@](N)(C1CCc3ccccc31)N2)c1ccccn1. The largest absolute Gasteiger partial charge is 0.363 e. The van der Waals surface area contributed by atoms with Crippen LogP contribution in [0.15, 0.2) is 72.9 Å². The zero-order valence-corrected chi connectivity index (χ0v) is 16.0. The van der Waals surface area contributed by atoms with Gasteiger partial charge in [0.15, 0.2) is 0 Å². The Bertz CT molecular complexity index is 1040. The molecular weight excluding hydrogens is 344 g/mol. The van der Waals surface area contributed by atoms with Gasteiger partial charge in [-0.2, -0.15) is 0 Å². The second-order valence-electron chi connectivity index (χ2n) is 7.70. The van der Waals surface area contributed by atoms with Crippen LogP contribution in [-0.2, 0) is 6.42 Å². The monoisotopic (exact) mass is 368 g/mol. The first kappa shape index (κ1) is 17.0. The van der Waals surface area contributed by atoms with Crippen molar-refractivity contribution >= 4 is 23.3 Å². The fourth-order valence-corrected chi connectivity index (χ4v) is 4.45. The van der Waals surface area contributed by atoms with Crippen molar-refractivity contribution in [3.8, 4) is 0 Å². The minimum atomic E-state index is -0.562. The van der Waals surface area contributed by atoms with E-state index in [4.69, 9.17) is 5.73 Å². The van der Waals surface area contributed by atoms with Crippen LogP contribution >= 0.6 is 0 Å². The molecule has 0 saturated heterocycles. The molecule has 140 valence electrons. The highest BCUT2D eigenvalue weighted by atomic mass is 15.2. The van der Waals surface area contributed by atoms with Crippen LogP contribution in [0.2, 0.25) is 0 Å². The molecule has 2 atom stereocenters. The summed E-state index contributed by atoms with van der Waals surface area (Å²) in [5.41, 5.74) is 12.4. The molecule has 1 aliphatic heterocycles. The molecule has 5 rings (SSSR count). The van der Waals surface area contributed by atoms with Gasteiger partial charge in [-0.15, -0.1) is 0 Å². The molecule has 3 N–H and O–H groups in total. The number of hydrogen-bond acceptors (Lipinski definition) is 4. The summed E-state index contributed by atoms with van der Waals surface area (Å²) in [5.74, 6) is 1.20. The van der Waals surface area contributed by atoms with Crippen LogP contribution in [0, 0.1) is 0 Å². The predicted molar refractivity (Wildman–Crippen MR) is 116 cm³/mol. The molecule has 1 aromatic heterocycles. The molecule has 3 aromatic rings. The van der Waals surface area contributed by atoms with Gasteiger partial charge in [0, 0.05) is 30.5 Å². The van der Waals surface area contributed by atoms with Crippen molar-refractivity contribution in [3.63, 3.8) is 0 Å². The Morgan fingerprint density at radius 1 is 1.11 bits per heavy atom. The van der Waals surface area contributed by atoms with Crippen LogP contribution in [-0.4, -0.2) is 17.7 Å². The summed E-state index contributed by atoms with van der Waals surface area (Å²) in [5, 5.41) is 3.62. The van der Waals surface area contributed by atoms with Crippen molar-refractivity contribution in [1.29, 1.82) is 0 Å². The lowest BCUT2D eigenvalue weighted by Crippen LogP contribution is -2.51. The lowest BCUT2D eigenvalue weighted by molar-refractivity contribution is 0.468. The van der Waals surface area contributed by atoms with Gasteiger partial charge in [-0.3, -0.25) is 0 Å². The Morgan fingerprint density at radius 3 is 2.82 bits per heavy atom. The summed E-state index contributed by atoms with van der Waals surface area (Å²) in [4.78, 5) is 6.53. The zero-order chi connectivity index (χ0) is 19.1. The minimum Gasteiger partial charge on any atom is -0.363 e. The third kappa shape index (κ3) is 2.77. The van der Waals surface area contributed by atoms with Crippen LogP contribution in [0.25, 0.3) is 6.08 Å². The number of benzene rings is 2. The van der Waals surface area contributed by atoms with Crippen molar-refractivity contribution in [2.75, 3.05) is 17.3 Å². The summed E-state index contributed by atoms with van der Waals surface area (Å²) >= 11 is 0. The van der Waals surface area contributed by atoms with Crippen LogP contribution in [0.5, 0.6) is 0 Å². The molecule has 0 spiro atoms. The van der Waals surface area contributed by atoms with Gasteiger partial charge >= 0.3 is 0 Å². The Balaban J connectivity index is 1.44. The third-order valence-electron chi connectivity index (χ3n) is 6.01. The molecule has 28 heavy (non-hydrogen) atoms. The average Bonchev–Trinajstić information content (AvgIpc) is 3.18. The fraction of sp³-hybridized carbons (Fsp3) is 0.208. The number of rotatable bonds is 3. The number of aromatic nitrogens is 1. The number of hydrogen-bond donors (Lipinski definition) is 2. The van der Waals surface area contributed by atoms with E-state index in [9.17, 15) is 0 Å². The molecule has 4 nitrogen and oxygen atoms in total. The van der Waals surface area contributed by atoms with E-state index in [1.807, 2.05) is 31.4 Å². The van der Waals surface area contributed by atoms with Crippen LogP contribution in [0.3, 0.4) is 0 Å². The fourth-order valence-electron chi connectivity index (χ4n) is 4.45. The molecule has 1 aliphatic carbocycles. The first-order valence-corrected chi connectivity index (χ1v) is 9.77. The second kappa shape index (κ2) is 6.50. The zero-order valence-electron chi connectivity index (χ0n) is 16.0. The molecule has 1 unspecified atom stereocenters. The molecular formula is C24H24N4. The Kier molecular flexibility index (Phi) is 3.95. The van der Waals surface area contributed by atoms with Crippen LogP contribution in [0.4, 0.5) is 17.2 Å². The van der Waals surface area contributed by atoms with Gasteiger partial charge in [-0.25, -0.2) is 4.98 Å².